The fourth-order valence-electron chi connectivity index (χ4n) is 3.31. The third-order valence-electron chi connectivity index (χ3n) is 4.88. The van der Waals surface area contributed by atoms with Crippen LogP contribution in [0.15, 0.2) is 29.3 Å². The topological polar surface area (TPSA) is 48.9 Å². The molecule has 0 saturated heterocycles. The molecule has 5 nitrogen and oxygen atoms in total. The largest absolute Gasteiger partial charge is 0.497 e. The van der Waals surface area contributed by atoms with Crippen molar-refractivity contribution in [3.8, 4) is 5.75 Å². The molecule has 26 heavy (non-hydrogen) atoms. The number of ether oxygens (including phenoxy) is 1. The van der Waals surface area contributed by atoms with Gasteiger partial charge in [-0.05, 0) is 50.9 Å². The first kappa shape index (κ1) is 23.0. The molecule has 0 bridgehead atoms. The Labute approximate surface area is 176 Å². The van der Waals surface area contributed by atoms with E-state index < -0.39 is 0 Å². The second-order valence-corrected chi connectivity index (χ2v) is 6.70. The van der Waals surface area contributed by atoms with E-state index in [0.29, 0.717) is 0 Å². The molecule has 0 spiro atoms. The number of nitrogens with one attached hydrogen (secondary N) is 2. The van der Waals surface area contributed by atoms with E-state index in [9.17, 15) is 0 Å². The van der Waals surface area contributed by atoms with Gasteiger partial charge >= 0.3 is 0 Å². The van der Waals surface area contributed by atoms with Gasteiger partial charge in [-0.2, -0.15) is 0 Å². The maximum atomic E-state index is 5.20. The molecule has 0 aromatic heterocycles. The Morgan fingerprint density at radius 3 is 2.50 bits per heavy atom. The number of nitrogens with zero attached hydrogens (tertiary/aromatic N) is 2. The zero-order chi connectivity index (χ0) is 17.9. The zero-order valence-corrected chi connectivity index (χ0v) is 18.8. The average molecular weight is 474 g/mol. The smallest absolute Gasteiger partial charge is 0.191 e. The van der Waals surface area contributed by atoms with E-state index in [1.54, 1.807) is 7.11 Å². The van der Waals surface area contributed by atoms with E-state index in [1.165, 1.54) is 31.2 Å². The van der Waals surface area contributed by atoms with E-state index in [4.69, 9.17) is 9.73 Å². The minimum absolute atomic E-state index is 0. The molecule has 1 aliphatic rings. The summed E-state index contributed by atoms with van der Waals surface area (Å²) in [6.07, 6.45) is 6.43. The van der Waals surface area contributed by atoms with Gasteiger partial charge in [0.2, 0.25) is 0 Å². The normalized spacial score (nSPS) is 15.0. The third-order valence-corrected chi connectivity index (χ3v) is 4.88. The second kappa shape index (κ2) is 13.2. The Bertz CT molecular complexity index is 515. The molecule has 0 heterocycles. The molecule has 6 heteroatoms. The summed E-state index contributed by atoms with van der Waals surface area (Å²) in [7, 11) is 3.93. The molecule has 0 atom stereocenters. The summed E-state index contributed by atoms with van der Waals surface area (Å²) in [6.45, 7) is 5.72. The first-order chi connectivity index (χ1) is 12.2. The number of hydrogen-bond donors (Lipinski definition) is 2. The van der Waals surface area contributed by atoms with E-state index in [0.717, 1.165) is 50.4 Å². The minimum Gasteiger partial charge on any atom is -0.497 e. The van der Waals surface area contributed by atoms with Crippen LogP contribution < -0.4 is 15.4 Å². The summed E-state index contributed by atoms with van der Waals surface area (Å²) >= 11 is 0. The number of halogens is 1. The molecule has 0 aliphatic heterocycles. The maximum absolute atomic E-state index is 5.20. The van der Waals surface area contributed by atoms with Crippen molar-refractivity contribution in [2.24, 2.45) is 4.99 Å². The SMILES string of the molecule is CCNC(=NCCN(C)C1CCCC1)NCCc1ccc(OC)cc1.I. The van der Waals surface area contributed by atoms with Crippen LogP contribution in [0.3, 0.4) is 0 Å². The van der Waals surface area contributed by atoms with E-state index >= 15 is 0 Å². The molecule has 1 saturated carbocycles. The van der Waals surface area contributed by atoms with Crippen LogP contribution in [0, 0.1) is 0 Å². The standard InChI is InChI=1S/C20H34N4O.HI/c1-4-21-20(23-15-16-24(2)18-7-5-6-8-18)22-14-13-17-9-11-19(25-3)12-10-17;/h9-12,18H,4-8,13-16H2,1-3H3,(H2,21,22,23);1H. The Balaban J connectivity index is 0.00000338. The van der Waals surface area contributed by atoms with Crippen LogP contribution in [-0.2, 0) is 6.42 Å². The van der Waals surface area contributed by atoms with Gasteiger partial charge in [-0.25, -0.2) is 0 Å². The number of likely N-dealkylation sites (N-methyl/N-ethyl adjacent to an activating group) is 1. The van der Waals surface area contributed by atoms with Gasteiger partial charge < -0.3 is 20.3 Å². The Hall–Kier alpha value is -1.02. The number of hydrogen-bond acceptors (Lipinski definition) is 3. The van der Waals surface area contributed by atoms with Crippen molar-refractivity contribution in [1.82, 2.24) is 15.5 Å². The van der Waals surface area contributed by atoms with Gasteiger partial charge in [-0.15, -0.1) is 24.0 Å². The van der Waals surface area contributed by atoms with Gasteiger partial charge in [0.15, 0.2) is 5.96 Å². The van der Waals surface area contributed by atoms with E-state index in [1.807, 2.05) is 12.1 Å². The lowest BCUT2D eigenvalue weighted by molar-refractivity contribution is 0.252. The maximum Gasteiger partial charge on any atom is 0.191 e. The van der Waals surface area contributed by atoms with Crippen LogP contribution in [0.2, 0.25) is 0 Å². The highest BCUT2D eigenvalue weighted by molar-refractivity contribution is 14.0. The molecular formula is C20H35IN4O. The predicted octanol–water partition coefficient (Wildman–Crippen LogP) is 3.29. The number of aliphatic imine (C=N–C) groups is 1. The van der Waals surface area contributed by atoms with Gasteiger partial charge in [-0.1, -0.05) is 25.0 Å². The molecule has 1 aliphatic carbocycles. The van der Waals surface area contributed by atoms with Crippen LogP contribution >= 0.6 is 24.0 Å². The fraction of sp³-hybridized carbons (Fsp3) is 0.650. The molecule has 1 aromatic carbocycles. The molecular weight excluding hydrogens is 439 g/mol. The fourth-order valence-corrected chi connectivity index (χ4v) is 3.31. The van der Waals surface area contributed by atoms with Gasteiger partial charge in [0.1, 0.15) is 5.75 Å². The quantitative estimate of drug-likeness (QED) is 0.328. The van der Waals surface area contributed by atoms with E-state index in [-0.39, 0.29) is 24.0 Å². The summed E-state index contributed by atoms with van der Waals surface area (Å²) in [4.78, 5) is 7.19. The van der Waals surface area contributed by atoms with Crippen molar-refractivity contribution in [2.75, 3.05) is 40.3 Å². The predicted molar refractivity (Wildman–Crippen MR) is 121 cm³/mol. The summed E-state index contributed by atoms with van der Waals surface area (Å²) in [5.41, 5.74) is 1.30. The lowest BCUT2D eigenvalue weighted by Gasteiger charge is -2.23. The second-order valence-electron chi connectivity index (χ2n) is 6.70. The van der Waals surface area contributed by atoms with Crippen molar-refractivity contribution in [2.45, 2.75) is 45.1 Å². The number of methoxy groups -OCH3 is 1. The number of guanidine groups is 1. The van der Waals surface area contributed by atoms with Crippen molar-refractivity contribution < 1.29 is 4.74 Å². The van der Waals surface area contributed by atoms with Crippen LogP contribution in [0.25, 0.3) is 0 Å². The highest BCUT2D eigenvalue weighted by atomic mass is 127. The van der Waals surface area contributed by atoms with Crippen molar-refractivity contribution in [3.63, 3.8) is 0 Å². The van der Waals surface area contributed by atoms with Crippen LogP contribution in [0.4, 0.5) is 0 Å². The lowest BCUT2D eigenvalue weighted by Crippen LogP contribution is -2.39. The van der Waals surface area contributed by atoms with Crippen LogP contribution in [-0.4, -0.2) is 57.2 Å². The first-order valence-electron chi connectivity index (χ1n) is 9.58. The average Bonchev–Trinajstić information content (AvgIpc) is 3.17. The highest BCUT2D eigenvalue weighted by Crippen LogP contribution is 2.21. The monoisotopic (exact) mass is 474 g/mol. The van der Waals surface area contributed by atoms with Crippen molar-refractivity contribution >= 4 is 29.9 Å². The molecule has 148 valence electrons. The van der Waals surface area contributed by atoms with Gasteiger partial charge in [0.25, 0.3) is 0 Å². The minimum atomic E-state index is 0. The summed E-state index contributed by atoms with van der Waals surface area (Å²) in [5, 5.41) is 6.76. The Morgan fingerprint density at radius 1 is 1.19 bits per heavy atom. The Kier molecular flexibility index (Phi) is 11.7. The summed E-state index contributed by atoms with van der Waals surface area (Å²) in [5.74, 6) is 1.81. The zero-order valence-electron chi connectivity index (χ0n) is 16.5. The number of benzene rings is 1. The lowest BCUT2D eigenvalue weighted by atomic mass is 10.1. The molecule has 0 unspecified atom stereocenters. The highest BCUT2D eigenvalue weighted by Gasteiger charge is 2.18. The van der Waals surface area contributed by atoms with E-state index in [2.05, 4.69) is 41.6 Å². The third kappa shape index (κ3) is 8.12. The molecule has 1 fully saturated rings. The van der Waals surface area contributed by atoms with Crippen LogP contribution in [0.1, 0.15) is 38.2 Å². The Morgan fingerprint density at radius 2 is 1.88 bits per heavy atom. The molecule has 2 N–H and O–H groups in total. The van der Waals surface area contributed by atoms with Gasteiger partial charge in [0.05, 0.1) is 13.7 Å². The number of rotatable bonds is 9. The van der Waals surface area contributed by atoms with Crippen LogP contribution in [0.5, 0.6) is 5.75 Å². The first-order valence-corrected chi connectivity index (χ1v) is 9.58. The molecule has 0 radical (unpaired) electrons. The van der Waals surface area contributed by atoms with Gasteiger partial charge in [0, 0.05) is 25.7 Å². The summed E-state index contributed by atoms with van der Waals surface area (Å²) < 4.78 is 5.20. The molecule has 2 rings (SSSR count). The molecule has 1 aromatic rings. The summed E-state index contributed by atoms with van der Waals surface area (Å²) in [6, 6.07) is 9.00. The van der Waals surface area contributed by atoms with Crippen molar-refractivity contribution in [1.29, 1.82) is 0 Å². The van der Waals surface area contributed by atoms with Crippen molar-refractivity contribution in [3.05, 3.63) is 29.8 Å². The van der Waals surface area contributed by atoms with Gasteiger partial charge in [-0.3, -0.25) is 4.99 Å². The molecule has 0 amide bonds.